The molecule has 0 atom stereocenters. The molecule has 0 fully saturated rings. The van der Waals surface area contributed by atoms with E-state index >= 15 is 0 Å². The number of carbonyl (C=O) groups is 1. The number of rotatable bonds is 4. The average molecular weight is 377 g/mol. The van der Waals surface area contributed by atoms with Gasteiger partial charge in [0.25, 0.3) is 5.69 Å². The molecule has 128 valence electrons. The van der Waals surface area contributed by atoms with Gasteiger partial charge < -0.3 is 5.32 Å². The highest BCUT2D eigenvalue weighted by atomic mass is 32.2. The van der Waals surface area contributed by atoms with E-state index in [0.717, 1.165) is 39.6 Å². The van der Waals surface area contributed by atoms with Gasteiger partial charge in [0.2, 0.25) is 5.91 Å². The van der Waals surface area contributed by atoms with Crippen molar-refractivity contribution in [2.75, 3.05) is 11.1 Å². The Morgan fingerprint density at radius 3 is 2.96 bits per heavy atom. The molecule has 9 heteroatoms. The molecule has 3 rings (SSSR count). The van der Waals surface area contributed by atoms with Crippen molar-refractivity contribution in [1.82, 2.24) is 0 Å². The minimum absolute atomic E-state index is 0.0378. The molecular formula is C16H12FN3O3S2. The summed E-state index contributed by atoms with van der Waals surface area (Å²) in [6.45, 7) is 0. The summed E-state index contributed by atoms with van der Waals surface area (Å²) < 4.78 is 14.4. The van der Waals surface area contributed by atoms with Crippen LogP contribution in [0.1, 0.15) is 5.56 Å². The second-order valence-corrected chi connectivity index (χ2v) is 7.24. The van der Waals surface area contributed by atoms with Crippen molar-refractivity contribution in [2.24, 2.45) is 4.99 Å². The van der Waals surface area contributed by atoms with Crippen LogP contribution in [0.3, 0.4) is 0 Å². The van der Waals surface area contributed by atoms with Gasteiger partial charge in [-0.3, -0.25) is 14.9 Å². The Morgan fingerprint density at radius 1 is 1.36 bits per heavy atom. The van der Waals surface area contributed by atoms with Crippen LogP contribution in [-0.4, -0.2) is 21.0 Å². The van der Waals surface area contributed by atoms with Gasteiger partial charge in [-0.2, -0.15) is 0 Å². The fourth-order valence-electron chi connectivity index (χ4n) is 2.12. The number of non-ortho nitro benzene ring substituents is 1. The molecule has 1 amide bonds. The number of anilines is 1. The first-order chi connectivity index (χ1) is 12.0. The third kappa shape index (κ3) is 4.37. The maximum atomic E-state index is 13.7. The number of nitro groups is 1. The lowest BCUT2D eigenvalue weighted by Gasteiger charge is -2.14. The molecule has 2 aromatic rings. The third-order valence-electron chi connectivity index (χ3n) is 3.32. The quantitative estimate of drug-likeness (QED) is 0.633. The fourth-order valence-corrected chi connectivity index (χ4v) is 3.98. The number of carbonyl (C=O) groups excluding carboxylic acids is 1. The Kier molecular flexibility index (Phi) is 5.34. The van der Waals surface area contributed by atoms with Gasteiger partial charge in [-0.25, -0.2) is 9.38 Å². The molecule has 0 aromatic heterocycles. The van der Waals surface area contributed by atoms with Gasteiger partial charge in [0, 0.05) is 17.9 Å². The molecule has 2 aromatic carbocycles. The summed E-state index contributed by atoms with van der Waals surface area (Å²) >= 11 is 2.78. The van der Waals surface area contributed by atoms with E-state index < -0.39 is 16.6 Å². The fraction of sp³-hybridized carbons (Fsp3) is 0.125. The lowest BCUT2D eigenvalue weighted by molar-refractivity contribution is -0.384. The highest BCUT2D eigenvalue weighted by Gasteiger charge is 2.16. The van der Waals surface area contributed by atoms with Gasteiger partial charge >= 0.3 is 0 Å². The summed E-state index contributed by atoms with van der Waals surface area (Å²) in [6, 6.07) is 10.8. The maximum Gasteiger partial charge on any atom is 0.271 e. The topological polar surface area (TPSA) is 84.6 Å². The van der Waals surface area contributed by atoms with E-state index in [1.807, 2.05) is 24.3 Å². The van der Waals surface area contributed by atoms with E-state index in [-0.39, 0.29) is 17.1 Å². The number of para-hydroxylation sites is 1. The smallest absolute Gasteiger partial charge is 0.271 e. The molecule has 1 N–H and O–H groups in total. The summed E-state index contributed by atoms with van der Waals surface area (Å²) in [4.78, 5) is 26.6. The standard InChI is InChI=1S/C16H12FN3O3S2/c17-12-6-5-11(20(22)23)7-14(12)18-15(21)9-25-16-19-13-4-2-1-3-10(13)8-24-16/h1-7H,8-9H2,(H,18,21). The number of aliphatic imine (C=N–C) groups is 1. The van der Waals surface area contributed by atoms with Crippen molar-refractivity contribution in [1.29, 1.82) is 0 Å². The van der Waals surface area contributed by atoms with Crippen LogP contribution >= 0.6 is 23.5 Å². The van der Waals surface area contributed by atoms with E-state index in [4.69, 9.17) is 0 Å². The van der Waals surface area contributed by atoms with Gasteiger partial charge in [-0.05, 0) is 17.7 Å². The summed E-state index contributed by atoms with van der Waals surface area (Å²) in [7, 11) is 0. The summed E-state index contributed by atoms with van der Waals surface area (Å²) in [6.07, 6.45) is 0. The van der Waals surface area contributed by atoms with Crippen molar-refractivity contribution >= 4 is 50.9 Å². The van der Waals surface area contributed by atoms with Gasteiger partial charge in [-0.1, -0.05) is 41.7 Å². The molecule has 1 aliphatic rings. The zero-order valence-corrected chi connectivity index (χ0v) is 14.4. The minimum atomic E-state index is -0.720. The van der Waals surface area contributed by atoms with Gasteiger partial charge in [0.05, 0.1) is 22.1 Å². The first-order valence-corrected chi connectivity index (χ1v) is 9.16. The van der Waals surface area contributed by atoms with E-state index in [1.165, 1.54) is 23.5 Å². The Balaban J connectivity index is 1.62. The molecule has 0 saturated carbocycles. The van der Waals surface area contributed by atoms with Crippen molar-refractivity contribution in [3.8, 4) is 0 Å². The minimum Gasteiger partial charge on any atom is -0.323 e. The van der Waals surface area contributed by atoms with Crippen molar-refractivity contribution in [3.05, 3.63) is 64.0 Å². The monoisotopic (exact) mass is 377 g/mol. The second-order valence-electron chi connectivity index (χ2n) is 5.05. The number of benzene rings is 2. The number of halogens is 1. The summed E-state index contributed by atoms with van der Waals surface area (Å²) in [5, 5.41) is 13.1. The molecular weight excluding hydrogens is 365 g/mol. The molecule has 0 saturated heterocycles. The molecule has 0 radical (unpaired) electrons. The largest absolute Gasteiger partial charge is 0.323 e. The molecule has 6 nitrogen and oxygen atoms in total. The van der Waals surface area contributed by atoms with Gasteiger partial charge in [0.15, 0.2) is 0 Å². The Morgan fingerprint density at radius 2 is 2.16 bits per heavy atom. The number of fused-ring (bicyclic) bond motifs is 1. The predicted octanol–water partition coefficient (Wildman–Crippen LogP) is 4.34. The Labute approximate surface area is 151 Å². The number of amides is 1. The second kappa shape index (κ2) is 7.66. The molecule has 1 heterocycles. The predicted molar refractivity (Wildman–Crippen MR) is 99.0 cm³/mol. The Hall–Kier alpha value is -2.39. The lowest BCUT2D eigenvalue weighted by Crippen LogP contribution is -2.16. The molecule has 0 spiro atoms. The van der Waals surface area contributed by atoms with Crippen molar-refractivity contribution in [2.45, 2.75) is 5.75 Å². The molecule has 0 aliphatic carbocycles. The highest BCUT2D eigenvalue weighted by Crippen LogP contribution is 2.34. The number of nitrogens with zero attached hydrogens (tertiary/aromatic N) is 2. The number of nitro benzene ring substituents is 1. The van der Waals surface area contributed by atoms with Crippen LogP contribution in [-0.2, 0) is 10.5 Å². The first-order valence-electron chi connectivity index (χ1n) is 7.19. The first kappa shape index (κ1) is 17.4. The van der Waals surface area contributed by atoms with Crippen LogP contribution in [0.15, 0.2) is 47.5 Å². The van der Waals surface area contributed by atoms with Crippen LogP contribution in [0.2, 0.25) is 0 Å². The van der Waals surface area contributed by atoms with Crippen LogP contribution in [0.4, 0.5) is 21.5 Å². The zero-order valence-electron chi connectivity index (χ0n) is 12.8. The SMILES string of the molecule is O=C(CSC1=Nc2ccccc2CS1)Nc1cc([N+](=O)[O-])ccc1F. The maximum absolute atomic E-state index is 13.7. The number of thioether (sulfide) groups is 2. The van der Waals surface area contributed by atoms with E-state index in [1.54, 1.807) is 0 Å². The van der Waals surface area contributed by atoms with Crippen LogP contribution in [0.25, 0.3) is 0 Å². The van der Waals surface area contributed by atoms with Crippen molar-refractivity contribution in [3.63, 3.8) is 0 Å². The van der Waals surface area contributed by atoms with E-state index in [9.17, 15) is 19.3 Å². The number of hydrogen-bond acceptors (Lipinski definition) is 6. The molecule has 1 aliphatic heterocycles. The van der Waals surface area contributed by atoms with Crippen LogP contribution in [0.5, 0.6) is 0 Å². The Bertz CT molecular complexity index is 873. The average Bonchev–Trinajstić information content (AvgIpc) is 2.61. The number of nitrogens with one attached hydrogen (secondary N) is 1. The normalized spacial score (nSPS) is 12.9. The third-order valence-corrected chi connectivity index (χ3v) is 5.56. The van der Waals surface area contributed by atoms with Crippen LogP contribution < -0.4 is 5.32 Å². The van der Waals surface area contributed by atoms with Gasteiger partial charge in [0.1, 0.15) is 10.2 Å². The van der Waals surface area contributed by atoms with E-state index in [0.29, 0.717) is 0 Å². The lowest BCUT2D eigenvalue weighted by atomic mass is 10.2. The van der Waals surface area contributed by atoms with Crippen LogP contribution in [0, 0.1) is 15.9 Å². The number of hydrogen-bond donors (Lipinski definition) is 1. The molecule has 0 bridgehead atoms. The molecule has 0 unspecified atom stereocenters. The summed E-state index contributed by atoms with van der Waals surface area (Å²) in [5.41, 5.74) is 1.53. The highest BCUT2D eigenvalue weighted by molar-refractivity contribution is 8.38. The van der Waals surface area contributed by atoms with E-state index in [2.05, 4.69) is 10.3 Å². The summed E-state index contributed by atoms with van der Waals surface area (Å²) in [5.74, 6) is -0.354. The van der Waals surface area contributed by atoms with Crippen molar-refractivity contribution < 1.29 is 14.1 Å². The zero-order chi connectivity index (χ0) is 17.8. The molecule has 25 heavy (non-hydrogen) atoms. The van der Waals surface area contributed by atoms with Gasteiger partial charge in [-0.15, -0.1) is 0 Å².